The van der Waals surface area contributed by atoms with Crippen LogP contribution in [0.4, 0.5) is 0 Å². The molecule has 0 atom stereocenters. The number of hydrogen-bond acceptors (Lipinski definition) is 3. The first-order valence-electron chi connectivity index (χ1n) is 6.16. The Morgan fingerprint density at radius 1 is 1.38 bits per heavy atom. The first kappa shape index (κ1) is 11.6. The highest BCUT2D eigenvalue weighted by Gasteiger charge is 2.19. The lowest BCUT2D eigenvalue weighted by Gasteiger charge is -2.16. The molecule has 0 radical (unpaired) electrons. The molecule has 1 aromatic rings. The predicted molar refractivity (Wildman–Crippen MR) is 66.5 cm³/mol. The molecular weight excluding hydrogens is 198 g/mol. The summed E-state index contributed by atoms with van der Waals surface area (Å²) in [5.41, 5.74) is 1.18. The Hall–Kier alpha value is -0.930. The topological polar surface area (TPSA) is 28.2 Å². The molecule has 0 saturated heterocycles. The van der Waals surface area contributed by atoms with Gasteiger partial charge < -0.3 is 10.2 Å². The van der Waals surface area contributed by atoms with E-state index < -0.39 is 0 Å². The smallest absolute Gasteiger partial charge is 0.0416 e. The third kappa shape index (κ3) is 4.29. The Kier molecular flexibility index (Phi) is 4.31. The maximum absolute atomic E-state index is 4.33. The van der Waals surface area contributed by atoms with Crippen LogP contribution in [0.25, 0.3) is 0 Å². The molecule has 2 rings (SSSR count). The summed E-state index contributed by atoms with van der Waals surface area (Å²) in [6.07, 6.45) is 5.65. The van der Waals surface area contributed by atoms with Gasteiger partial charge in [0, 0.05) is 44.0 Å². The van der Waals surface area contributed by atoms with Crippen LogP contribution in [0.5, 0.6) is 0 Å². The van der Waals surface area contributed by atoms with E-state index in [9.17, 15) is 0 Å². The molecule has 0 spiro atoms. The maximum Gasteiger partial charge on any atom is 0.0416 e. The van der Waals surface area contributed by atoms with Crippen LogP contribution in [0, 0.1) is 0 Å². The minimum Gasteiger partial charge on any atom is -0.313 e. The van der Waals surface area contributed by atoms with Gasteiger partial charge in [0.2, 0.25) is 0 Å². The van der Waals surface area contributed by atoms with Crippen molar-refractivity contribution in [2.75, 3.05) is 26.7 Å². The number of likely N-dealkylation sites (N-methyl/N-ethyl adjacent to an activating group) is 1. The van der Waals surface area contributed by atoms with Gasteiger partial charge in [-0.3, -0.25) is 4.98 Å². The number of aromatic nitrogens is 1. The molecule has 1 heterocycles. The summed E-state index contributed by atoms with van der Waals surface area (Å²) in [7, 11) is 2.18. The van der Waals surface area contributed by atoms with Crippen LogP contribution in [0.3, 0.4) is 0 Å². The van der Waals surface area contributed by atoms with Gasteiger partial charge in [0.05, 0.1) is 0 Å². The normalized spacial score (nSPS) is 15.6. The van der Waals surface area contributed by atoms with E-state index in [2.05, 4.69) is 34.4 Å². The van der Waals surface area contributed by atoms with Crippen molar-refractivity contribution in [3.63, 3.8) is 0 Å². The van der Waals surface area contributed by atoms with Gasteiger partial charge in [0.15, 0.2) is 0 Å². The Balaban J connectivity index is 1.57. The van der Waals surface area contributed by atoms with Crippen LogP contribution in [0.2, 0.25) is 0 Å². The highest BCUT2D eigenvalue weighted by molar-refractivity contribution is 5.03. The van der Waals surface area contributed by atoms with Crippen LogP contribution in [-0.4, -0.2) is 42.6 Å². The number of rotatable bonds is 7. The SMILES string of the molecule is CN(CCNC1CC1)CCc1ccccn1. The van der Waals surface area contributed by atoms with Crippen molar-refractivity contribution in [2.24, 2.45) is 0 Å². The molecule has 0 bridgehead atoms. The van der Waals surface area contributed by atoms with Crippen molar-refractivity contribution in [3.8, 4) is 0 Å². The van der Waals surface area contributed by atoms with Crippen LogP contribution in [0.1, 0.15) is 18.5 Å². The van der Waals surface area contributed by atoms with Crippen molar-refractivity contribution < 1.29 is 0 Å². The van der Waals surface area contributed by atoms with Crippen molar-refractivity contribution in [1.29, 1.82) is 0 Å². The van der Waals surface area contributed by atoms with Gasteiger partial charge in [0.25, 0.3) is 0 Å². The number of nitrogens with zero attached hydrogens (tertiary/aromatic N) is 2. The first-order chi connectivity index (χ1) is 7.84. The zero-order valence-corrected chi connectivity index (χ0v) is 10.0. The maximum atomic E-state index is 4.33. The molecule has 88 valence electrons. The van der Waals surface area contributed by atoms with E-state index in [0.29, 0.717) is 0 Å². The van der Waals surface area contributed by atoms with E-state index >= 15 is 0 Å². The summed E-state index contributed by atoms with van der Waals surface area (Å²) < 4.78 is 0. The average molecular weight is 219 g/mol. The summed E-state index contributed by atoms with van der Waals surface area (Å²) in [4.78, 5) is 6.69. The lowest BCUT2D eigenvalue weighted by atomic mass is 10.2. The zero-order valence-electron chi connectivity index (χ0n) is 10.0. The minimum atomic E-state index is 0.823. The highest BCUT2D eigenvalue weighted by Crippen LogP contribution is 2.17. The van der Waals surface area contributed by atoms with Crippen molar-refractivity contribution >= 4 is 0 Å². The minimum absolute atomic E-state index is 0.823. The lowest BCUT2D eigenvalue weighted by Crippen LogP contribution is -2.31. The summed E-state index contributed by atoms with van der Waals surface area (Å²) in [5.74, 6) is 0. The Morgan fingerprint density at radius 2 is 2.25 bits per heavy atom. The molecular formula is C13H21N3. The van der Waals surface area contributed by atoms with Crippen LogP contribution >= 0.6 is 0 Å². The second kappa shape index (κ2) is 5.97. The molecule has 0 amide bonds. The van der Waals surface area contributed by atoms with E-state index in [-0.39, 0.29) is 0 Å². The largest absolute Gasteiger partial charge is 0.313 e. The van der Waals surface area contributed by atoms with E-state index in [1.807, 2.05) is 12.3 Å². The van der Waals surface area contributed by atoms with Gasteiger partial charge in [-0.1, -0.05) is 6.07 Å². The lowest BCUT2D eigenvalue weighted by molar-refractivity contribution is 0.334. The Bertz CT molecular complexity index is 295. The second-order valence-electron chi connectivity index (χ2n) is 4.60. The van der Waals surface area contributed by atoms with Gasteiger partial charge in [-0.2, -0.15) is 0 Å². The van der Waals surface area contributed by atoms with Crippen LogP contribution < -0.4 is 5.32 Å². The third-order valence-electron chi connectivity index (χ3n) is 2.98. The van der Waals surface area contributed by atoms with Gasteiger partial charge >= 0.3 is 0 Å². The molecule has 16 heavy (non-hydrogen) atoms. The first-order valence-corrected chi connectivity index (χ1v) is 6.16. The molecule has 3 heteroatoms. The quantitative estimate of drug-likeness (QED) is 0.749. The van der Waals surface area contributed by atoms with Crippen molar-refractivity contribution in [2.45, 2.75) is 25.3 Å². The fraction of sp³-hybridized carbons (Fsp3) is 0.615. The van der Waals surface area contributed by atoms with Crippen LogP contribution in [0.15, 0.2) is 24.4 Å². The molecule has 1 aromatic heterocycles. The Morgan fingerprint density at radius 3 is 2.94 bits per heavy atom. The van der Waals surface area contributed by atoms with E-state index in [1.54, 1.807) is 0 Å². The molecule has 1 N–H and O–H groups in total. The monoisotopic (exact) mass is 219 g/mol. The fourth-order valence-corrected chi connectivity index (χ4v) is 1.71. The Labute approximate surface area is 97.9 Å². The predicted octanol–water partition coefficient (Wildman–Crippen LogP) is 1.31. The molecule has 0 unspecified atom stereocenters. The summed E-state index contributed by atoms with van der Waals surface area (Å²) in [6.45, 7) is 3.33. The molecule has 0 aromatic carbocycles. The third-order valence-corrected chi connectivity index (χ3v) is 2.98. The van der Waals surface area contributed by atoms with E-state index in [1.165, 1.54) is 18.5 Å². The van der Waals surface area contributed by atoms with Gasteiger partial charge in [-0.15, -0.1) is 0 Å². The number of pyridine rings is 1. The van der Waals surface area contributed by atoms with Crippen molar-refractivity contribution in [3.05, 3.63) is 30.1 Å². The van der Waals surface area contributed by atoms with Gasteiger partial charge in [0.1, 0.15) is 0 Å². The number of nitrogens with one attached hydrogen (secondary N) is 1. The van der Waals surface area contributed by atoms with E-state index in [0.717, 1.165) is 32.1 Å². The second-order valence-corrected chi connectivity index (χ2v) is 4.60. The molecule has 0 aliphatic heterocycles. The number of hydrogen-bond donors (Lipinski definition) is 1. The zero-order chi connectivity index (χ0) is 11.2. The highest BCUT2D eigenvalue weighted by atomic mass is 15.1. The summed E-state index contributed by atoms with van der Waals surface area (Å²) in [6, 6.07) is 6.93. The summed E-state index contributed by atoms with van der Waals surface area (Å²) >= 11 is 0. The average Bonchev–Trinajstić information content (AvgIpc) is 3.12. The van der Waals surface area contributed by atoms with Crippen LogP contribution in [-0.2, 0) is 6.42 Å². The standard InChI is InChI=1S/C13H21N3/c1-16(11-9-15-13-5-6-13)10-7-12-4-2-3-8-14-12/h2-4,8,13,15H,5-7,9-11H2,1H3. The summed E-state index contributed by atoms with van der Waals surface area (Å²) in [5, 5.41) is 3.53. The molecule has 1 saturated carbocycles. The molecule has 3 nitrogen and oxygen atoms in total. The van der Waals surface area contributed by atoms with Gasteiger partial charge in [-0.25, -0.2) is 0 Å². The molecule has 1 aliphatic rings. The van der Waals surface area contributed by atoms with Crippen molar-refractivity contribution in [1.82, 2.24) is 15.2 Å². The van der Waals surface area contributed by atoms with Gasteiger partial charge in [-0.05, 0) is 32.0 Å². The van der Waals surface area contributed by atoms with E-state index in [4.69, 9.17) is 0 Å². The molecule has 1 fully saturated rings. The molecule has 1 aliphatic carbocycles. The fourth-order valence-electron chi connectivity index (χ4n) is 1.71.